The second-order valence-corrected chi connectivity index (χ2v) is 26.3. The Kier molecular flexibility index (Phi) is 53.4. The first-order valence-electron chi connectivity index (χ1n) is 32.5. The number of phosphoric acid groups is 2. The van der Waals surface area contributed by atoms with Gasteiger partial charge in [0.1, 0.15) is 19.3 Å². The van der Waals surface area contributed by atoms with E-state index >= 15 is 0 Å². The number of carbonyl (C=O) groups excluding carboxylic acids is 4. The number of rotatable bonds is 61. The van der Waals surface area contributed by atoms with Crippen molar-refractivity contribution in [1.82, 2.24) is 0 Å². The van der Waals surface area contributed by atoms with Crippen molar-refractivity contribution in [1.29, 1.82) is 0 Å². The molecular weight excluding hydrogens is 1080 g/mol. The van der Waals surface area contributed by atoms with E-state index in [2.05, 4.69) is 41.5 Å². The van der Waals surface area contributed by atoms with E-state index in [-0.39, 0.29) is 25.7 Å². The molecule has 19 heteroatoms. The molecule has 0 aromatic carbocycles. The van der Waals surface area contributed by atoms with Gasteiger partial charge in [-0.3, -0.25) is 37.3 Å². The van der Waals surface area contributed by atoms with Gasteiger partial charge in [0.15, 0.2) is 12.2 Å². The zero-order chi connectivity index (χ0) is 60.1. The van der Waals surface area contributed by atoms with E-state index in [1.165, 1.54) is 109 Å². The Bertz CT molecular complexity index is 1600. The fourth-order valence-electron chi connectivity index (χ4n) is 9.18. The maximum atomic E-state index is 13.0. The summed E-state index contributed by atoms with van der Waals surface area (Å²) in [5, 5.41) is 10.5. The van der Waals surface area contributed by atoms with E-state index in [1.807, 2.05) is 0 Å². The van der Waals surface area contributed by atoms with Crippen LogP contribution in [-0.4, -0.2) is 96.7 Å². The molecular formula is C62H120O17P2. The van der Waals surface area contributed by atoms with Gasteiger partial charge >= 0.3 is 39.5 Å². The van der Waals surface area contributed by atoms with Crippen LogP contribution in [0.1, 0.15) is 305 Å². The molecule has 0 aromatic rings. The molecule has 81 heavy (non-hydrogen) atoms. The third-order valence-electron chi connectivity index (χ3n) is 14.2. The van der Waals surface area contributed by atoms with E-state index < -0.39 is 97.5 Å². The van der Waals surface area contributed by atoms with Crippen LogP contribution in [0.5, 0.6) is 0 Å². The lowest BCUT2D eigenvalue weighted by molar-refractivity contribution is -0.161. The normalized spacial score (nSPS) is 14.4. The maximum Gasteiger partial charge on any atom is 0.472 e. The first kappa shape index (κ1) is 79.1. The van der Waals surface area contributed by atoms with Gasteiger partial charge in [-0.1, -0.05) is 253 Å². The standard InChI is InChI=1S/C62H120O17P2/c1-7-9-11-13-15-16-17-18-19-20-21-27-34-40-46-61(66)78-57(51-73-60(65)45-39-33-26-23-22-25-30-36-42-54(3)4)52-76-80(68,69)74-48-56(63)49-75-81(70,71)77-53-58(50-72-59(64)44-38-32-24-14-12-10-8-2)79-62(67)47-41-35-29-28-31-37-43-55(5)6/h54-58,63H,7-53H2,1-6H3,(H,68,69)(H,70,71)/t56-,57-,58-/m1/s1. The van der Waals surface area contributed by atoms with E-state index in [0.29, 0.717) is 31.6 Å². The van der Waals surface area contributed by atoms with Gasteiger partial charge in [0, 0.05) is 25.7 Å². The van der Waals surface area contributed by atoms with Crippen molar-refractivity contribution in [3.8, 4) is 0 Å². The molecule has 0 amide bonds. The van der Waals surface area contributed by atoms with E-state index in [4.69, 9.17) is 37.0 Å². The number of hydrogen-bond donors (Lipinski definition) is 3. The van der Waals surface area contributed by atoms with Crippen LogP contribution >= 0.6 is 15.6 Å². The fourth-order valence-corrected chi connectivity index (χ4v) is 10.8. The highest BCUT2D eigenvalue weighted by atomic mass is 31.2. The minimum atomic E-state index is -4.94. The number of aliphatic hydroxyl groups excluding tert-OH is 1. The van der Waals surface area contributed by atoms with E-state index in [1.54, 1.807) is 0 Å². The minimum absolute atomic E-state index is 0.102. The van der Waals surface area contributed by atoms with Crippen LogP contribution in [-0.2, 0) is 65.4 Å². The van der Waals surface area contributed by atoms with Gasteiger partial charge < -0.3 is 33.8 Å². The van der Waals surface area contributed by atoms with Crippen LogP contribution in [0.3, 0.4) is 0 Å². The number of aliphatic hydroxyl groups is 1. The summed E-state index contributed by atoms with van der Waals surface area (Å²) in [5.41, 5.74) is 0. The topological polar surface area (TPSA) is 237 Å². The molecule has 2 unspecified atom stereocenters. The molecule has 0 aliphatic carbocycles. The average Bonchev–Trinajstić information content (AvgIpc) is 3.42. The van der Waals surface area contributed by atoms with Gasteiger partial charge in [0.05, 0.1) is 26.4 Å². The summed E-state index contributed by atoms with van der Waals surface area (Å²) in [5.74, 6) is -0.748. The highest BCUT2D eigenvalue weighted by Crippen LogP contribution is 2.45. The van der Waals surface area contributed by atoms with E-state index in [9.17, 15) is 43.2 Å². The van der Waals surface area contributed by atoms with Gasteiger partial charge in [-0.05, 0) is 37.5 Å². The summed E-state index contributed by atoms with van der Waals surface area (Å²) in [6.45, 7) is 9.31. The molecule has 0 heterocycles. The van der Waals surface area contributed by atoms with Crippen LogP contribution in [0.2, 0.25) is 0 Å². The number of carbonyl (C=O) groups is 4. The second-order valence-electron chi connectivity index (χ2n) is 23.4. The van der Waals surface area contributed by atoms with Crippen molar-refractivity contribution < 1.29 is 80.2 Å². The lowest BCUT2D eigenvalue weighted by Crippen LogP contribution is -2.30. The van der Waals surface area contributed by atoms with Gasteiger partial charge in [-0.15, -0.1) is 0 Å². The number of phosphoric ester groups is 2. The summed E-state index contributed by atoms with van der Waals surface area (Å²) in [7, 11) is -9.88. The Morgan fingerprint density at radius 2 is 0.568 bits per heavy atom. The summed E-state index contributed by atoms with van der Waals surface area (Å²) in [6.07, 6.45) is 36.5. The van der Waals surface area contributed by atoms with Crippen LogP contribution in [0.4, 0.5) is 0 Å². The van der Waals surface area contributed by atoms with Crippen molar-refractivity contribution in [3.05, 3.63) is 0 Å². The highest BCUT2D eigenvalue weighted by Gasteiger charge is 2.30. The van der Waals surface area contributed by atoms with Gasteiger partial charge in [0.2, 0.25) is 0 Å². The van der Waals surface area contributed by atoms with Gasteiger partial charge in [-0.25, -0.2) is 9.13 Å². The Morgan fingerprint density at radius 3 is 0.840 bits per heavy atom. The average molecular weight is 1200 g/mol. The Morgan fingerprint density at radius 1 is 0.333 bits per heavy atom. The highest BCUT2D eigenvalue weighted by molar-refractivity contribution is 7.47. The fraction of sp³-hybridized carbons (Fsp3) is 0.935. The van der Waals surface area contributed by atoms with Gasteiger partial charge in [-0.2, -0.15) is 0 Å². The molecule has 3 N–H and O–H groups in total. The number of unbranched alkanes of at least 4 members (excludes halogenated alkanes) is 31. The molecule has 0 fully saturated rings. The van der Waals surface area contributed by atoms with Crippen LogP contribution < -0.4 is 0 Å². The van der Waals surface area contributed by atoms with Gasteiger partial charge in [0.25, 0.3) is 0 Å². The van der Waals surface area contributed by atoms with Crippen molar-refractivity contribution in [2.24, 2.45) is 11.8 Å². The lowest BCUT2D eigenvalue weighted by Gasteiger charge is -2.21. The maximum absolute atomic E-state index is 13.0. The molecule has 0 radical (unpaired) electrons. The molecule has 0 aliphatic rings. The minimum Gasteiger partial charge on any atom is -0.462 e. The summed E-state index contributed by atoms with van der Waals surface area (Å²) in [4.78, 5) is 72.0. The van der Waals surface area contributed by atoms with Crippen LogP contribution in [0, 0.1) is 11.8 Å². The molecule has 0 bridgehead atoms. The summed E-state index contributed by atoms with van der Waals surface area (Å²) in [6, 6.07) is 0. The molecule has 0 rings (SSSR count). The molecule has 480 valence electrons. The zero-order valence-electron chi connectivity index (χ0n) is 52.1. The predicted molar refractivity (Wildman–Crippen MR) is 321 cm³/mol. The quantitative estimate of drug-likeness (QED) is 0.0222. The Hall–Kier alpha value is -1.94. The Balaban J connectivity index is 5.21. The number of ether oxygens (including phenoxy) is 4. The van der Waals surface area contributed by atoms with Crippen LogP contribution in [0.25, 0.3) is 0 Å². The number of esters is 4. The molecule has 0 saturated heterocycles. The molecule has 0 saturated carbocycles. The molecule has 0 aliphatic heterocycles. The largest absolute Gasteiger partial charge is 0.472 e. The SMILES string of the molecule is CCCCCCCCCCCCCCCCC(=O)O[C@H](COC(=O)CCCCCCCCCCC(C)C)COP(=O)(O)OC[C@@H](O)COP(=O)(O)OC[C@@H](COC(=O)CCCCCCCCC)OC(=O)CCCCCCCCC(C)C. The van der Waals surface area contributed by atoms with Crippen LogP contribution in [0.15, 0.2) is 0 Å². The molecule has 0 aromatic heterocycles. The first-order chi connectivity index (χ1) is 38.9. The summed E-state index contributed by atoms with van der Waals surface area (Å²) >= 11 is 0. The van der Waals surface area contributed by atoms with Crippen molar-refractivity contribution in [2.45, 2.75) is 323 Å². The molecule has 0 spiro atoms. The van der Waals surface area contributed by atoms with Crippen molar-refractivity contribution >= 4 is 39.5 Å². The van der Waals surface area contributed by atoms with Crippen molar-refractivity contribution in [2.75, 3.05) is 39.6 Å². The lowest BCUT2D eigenvalue weighted by atomic mass is 10.0. The van der Waals surface area contributed by atoms with E-state index in [0.717, 1.165) is 109 Å². The Labute approximate surface area is 492 Å². The zero-order valence-corrected chi connectivity index (χ0v) is 53.9. The summed E-state index contributed by atoms with van der Waals surface area (Å²) < 4.78 is 67.8. The third kappa shape index (κ3) is 56.9. The molecule has 5 atom stereocenters. The molecule has 17 nitrogen and oxygen atoms in total. The smallest absolute Gasteiger partial charge is 0.462 e. The second kappa shape index (κ2) is 54.7. The monoisotopic (exact) mass is 1200 g/mol. The number of hydrogen-bond acceptors (Lipinski definition) is 15. The van der Waals surface area contributed by atoms with Crippen molar-refractivity contribution in [3.63, 3.8) is 0 Å². The predicted octanol–water partition coefficient (Wildman–Crippen LogP) is 16.9. The third-order valence-corrected chi connectivity index (χ3v) is 16.1. The first-order valence-corrected chi connectivity index (χ1v) is 35.5.